The second-order valence-corrected chi connectivity index (χ2v) is 9.56. The lowest BCUT2D eigenvalue weighted by atomic mass is 10.2. The van der Waals surface area contributed by atoms with Crippen LogP contribution >= 0.6 is 0 Å². The van der Waals surface area contributed by atoms with Crippen LogP contribution in [-0.2, 0) is 14.8 Å². The fraction of sp³-hybridized carbons (Fsp3) is 0.400. The van der Waals surface area contributed by atoms with E-state index in [0.29, 0.717) is 43.3 Å². The predicted octanol–water partition coefficient (Wildman–Crippen LogP) is 0.541. The molecule has 0 saturated carbocycles. The Morgan fingerprint density at radius 3 is 2.77 bits per heavy atom. The van der Waals surface area contributed by atoms with Gasteiger partial charge in [0.15, 0.2) is 0 Å². The summed E-state index contributed by atoms with van der Waals surface area (Å²) in [6, 6.07) is 6.74. The zero-order valence-electron chi connectivity index (χ0n) is 16.7. The van der Waals surface area contributed by atoms with Crippen molar-refractivity contribution in [3.8, 4) is 12.3 Å². The summed E-state index contributed by atoms with van der Waals surface area (Å²) in [5, 5.41) is 9.73. The number of amides is 2. The zero-order chi connectivity index (χ0) is 21.6. The topological polar surface area (TPSA) is 110 Å². The van der Waals surface area contributed by atoms with Gasteiger partial charge in [-0.25, -0.2) is 18.2 Å². The molecule has 1 atom stereocenters. The highest BCUT2D eigenvalue weighted by Crippen LogP contribution is 2.24. The molecule has 31 heavy (non-hydrogen) atoms. The van der Waals surface area contributed by atoms with E-state index < -0.39 is 10.0 Å². The molecule has 2 fully saturated rings. The number of piperazine rings is 1. The normalized spacial score (nSPS) is 22.0. The highest BCUT2D eigenvalue weighted by atomic mass is 32.2. The summed E-state index contributed by atoms with van der Waals surface area (Å²) in [7, 11) is -3.71. The summed E-state index contributed by atoms with van der Waals surface area (Å²) in [6.07, 6.45) is 6.16. The van der Waals surface area contributed by atoms with Gasteiger partial charge in [-0.15, -0.1) is 11.5 Å². The fourth-order valence-corrected chi connectivity index (χ4v) is 5.48. The van der Waals surface area contributed by atoms with Crippen LogP contribution in [0, 0.1) is 12.3 Å². The molecule has 2 amide bonds. The van der Waals surface area contributed by atoms with Gasteiger partial charge in [0.2, 0.25) is 5.90 Å². The number of hydrazone groups is 1. The molecule has 3 aliphatic heterocycles. The monoisotopic (exact) mass is 442 g/mol. The standard InChI is InChI=1S/C20H22N6O4S/c1-2-14-3-4-16-15(11-14)12-18(22-16)31(28,29)25-9-7-24(8-10-25)20(27)26-6-5-17-19(23-26)30-13-21-17/h1,3-4,11-12,17,21-22H,5-10,13H2. The van der Waals surface area contributed by atoms with Gasteiger partial charge in [0.25, 0.3) is 10.0 Å². The van der Waals surface area contributed by atoms with E-state index in [1.807, 2.05) is 0 Å². The number of sulfonamides is 1. The number of rotatable bonds is 2. The molecule has 1 aromatic carbocycles. The molecule has 2 saturated heterocycles. The van der Waals surface area contributed by atoms with Crippen LogP contribution in [0.2, 0.25) is 0 Å². The van der Waals surface area contributed by atoms with E-state index in [9.17, 15) is 13.2 Å². The molecule has 5 rings (SSSR count). The minimum atomic E-state index is -3.71. The van der Waals surface area contributed by atoms with Crippen molar-refractivity contribution < 1.29 is 17.9 Å². The van der Waals surface area contributed by atoms with E-state index in [0.717, 1.165) is 11.8 Å². The van der Waals surface area contributed by atoms with Crippen LogP contribution in [0.15, 0.2) is 34.4 Å². The summed E-state index contributed by atoms with van der Waals surface area (Å²) in [4.78, 5) is 17.4. The minimum Gasteiger partial charge on any atom is -0.463 e. The number of hydrogen-bond acceptors (Lipinski definition) is 6. The van der Waals surface area contributed by atoms with E-state index >= 15 is 0 Å². The van der Waals surface area contributed by atoms with Crippen molar-refractivity contribution in [3.63, 3.8) is 0 Å². The van der Waals surface area contributed by atoms with Crippen LogP contribution in [0.5, 0.6) is 0 Å². The fourth-order valence-electron chi connectivity index (χ4n) is 4.04. The Balaban J connectivity index is 1.27. The van der Waals surface area contributed by atoms with Crippen LogP contribution in [0.3, 0.4) is 0 Å². The highest BCUT2D eigenvalue weighted by molar-refractivity contribution is 7.89. The number of carbonyl (C=O) groups is 1. The van der Waals surface area contributed by atoms with E-state index in [1.165, 1.54) is 9.31 Å². The molecular formula is C20H22N6O4S. The number of terminal acetylenes is 1. The molecule has 10 nitrogen and oxygen atoms in total. The molecule has 2 N–H and O–H groups in total. The van der Waals surface area contributed by atoms with Gasteiger partial charge in [0, 0.05) is 49.2 Å². The number of H-pyrrole nitrogens is 1. The molecule has 1 unspecified atom stereocenters. The van der Waals surface area contributed by atoms with Gasteiger partial charge >= 0.3 is 6.03 Å². The van der Waals surface area contributed by atoms with Crippen molar-refractivity contribution in [2.75, 3.05) is 39.5 Å². The summed E-state index contributed by atoms with van der Waals surface area (Å²) in [5.41, 5.74) is 1.39. The average Bonchev–Trinajstić information content (AvgIpc) is 3.44. The molecule has 0 bridgehead atoms. The lowest BCUT2D eigenvalue weighted by Crippen LogP contribution is -2.54. The number of benzene rings is 1. The molecule has 1 aromatic heterocycles. The van der Waals surface area contributed by atoms with Crippen LogP contribution in [0.4, 0.5) is 4.79 Å². The van der Waals surface area contributed by atoms with Gasteiger partial charge in [-0.05, 0) is 30.7 Å². The third kappa shape index (κ3) is 3.52. The lowest BCUT2D eigenvalue weighted by Gasteiger charge is -2.36. The number of carbonyl (C=O) groups excluding carboxylic acids is 1. The Morgan fingerprint density at radius 1 is 1.19 bits per heavy atom. The van der Waals surface area contributed by atoms with Crippen LogP contribution in [-0.4, -0.2) is 85.0 Å². The van der Waals surface area contributed by atoms with E-state index in [2.05, 4.69) is 21.3 Å². The summed E-state index contributed by atoms with van der Waals surface area (Å²) in [6.45, 7) is 1.91. The van der Waals surface area contributed by atoms with Crippen molar-refractivity contribution >= 4 is 32.9 Å². The van der Waals surface area contributed by atoms with E-state index in [-0.39, 0.29) is 30.2 Å². The number of urea groups is 1. The Morgan fingerprint density at radius 2 is 2.00 bits per heavy atom. The first kappa shape index (κ1) is 19.9. The number of fused-ring (bicyclic) bond motifs is 2. The molecule has 0 spiro atoms. The number of nitrogens with one attached hydrogen (secondary N) is 2. The van der Waals surface area contributed by atoms with Crippen molar-refractivity contribution in [1.82, 2.24) is 24.5 Å². The molecule has 0 aliphatic carbocycles. The van der Waals surface area contributed by atoms with E-state index in [4.69, 9.17) is 11.2 Å². The van der Waals surface area contributed by atoms with Crippen molar-refractivity contribution in [2.24, 2.45) is 5.10 Å². The van der Waals surface area contributed by atoms with Crippen LogP contribution in [0.1, 0.15) is 12.0 Å². The van der Waals surface area contributed by atoms with Gasteiger partial charge < -0.3 is 14.6 Å². The summed E-state index contributed by atoms with van der Waals surface area (Å²) in [5.74, 6) is 3.08. The molecule has 3 aliphatic rings. The molecule has 162 valence electrons. The third-order valence-electron chi connectivity index (χ3n) is 5.81. The maximum absolute atomic E-state index is 13.1. The molecule has 4 heterocycles. The second kappa shape index (κ2) is 7.56. The quantitative estimate of drug-likeness (QED) is 0.660. The predicted molar refractivity (Wildman–Crippen MR) is 114 cm³/mol. The zero-order valence-corrected chi connectivity index (χ0v) is 17.6. The first-order chi connectivity index (χ1) is 15.0. The second-order valence-electron chi connectivity index (χ2n) is 7.65. The summed E-state index contributed by atoms with van der Waals surface area (Å²) >= 11 is 0. The minimum absolute atomic E-state index is 0.0686. The van der Waals surface area contributed by atoms with Crippen molar-refractivity contribution in [2.45, 2.75) is 17.5 Å². The largest absolute Gasteiger partial charge is 0.463 e. The number of aromatic nitrogens is 1. The summed E-state index contributed by atoms with van der Waals surface area (Å²) < 4.78 is 33.0. The first-order valence-corrected chi connectivity index (χ1v) is 11.5. The Kier molecular flexibility index (Phi) is 4.85. The Labute approximate surface area is 179 Å². The van der Waals surface area contributed by atoms with E-state index in [1.54, 1.807) is 29.2 Å². The third-order valence-corrected chi connectivity index (χ3v) is 7.63. The van der Waals surface area contributed by atoms with Crippen molar-refractivity contribution in [3.05, 3.63) is 29.8 Å². The number of hydrogen-bond donors (Lipinski definition) is 2. The average molecular weight is 443 g/mol. The van der Waals surface area contributed by atoms with Gasteiger partial charge in [-0.1, -0.05) is 5.92 Å². The first-order valence-electron chi connectivity index (χ1n) is 10.1. The Hall–Kier alpha value is -3.07. The molecule has 2 aromatic rings. The van der Waals surface area contributed by atoms with Gasteiger partial charge in [-0.2, -0.15) is 4.31 Å². The maximum atomic E-state index is 13.1. The van der Waals surface area contributed by atoms with Gasteiger partial charge in [-0.3, -0.25) is 5.32 Å². The highest BCUT2D eigenvalue weighted by Gasteiger charge is 2.36. The smallest absolute Gasteiger partial charge is 0.340 e. The molecular weight excluding hydrogens is 420 g/mol. The Bertz CT molecular complexity index is 1210. The van der Waals surface area contributed by atoms with Crippen molar-refractivity contribution in [1.29, 1.82) is 0 Å². The lowest BCUT2D eigenvalue weighted by molar-refractivity contribution is 0.131. The SMILES string of the molecule is C#Cc1ccc2[nH]c(S(=O)(=O)N3CCN(C(=O)N4CCC5NCOC5=N4)CC3)cc2c1. The number of aromatic amines is 1. The van der Waals surface area contributed by atoms with Gasteiger partial charge in [0.1, 0.15) is 11.8 Å². The molecule has 11 heteroatoms. The molecule has 0 radical (unpaired) electrons. The van der Waals surface area contributed by atoms with Gasteiger partial charge in [0.05, 0.1) is 6.04 Å². The number of nitrogens with zero attached hydrogens (tertiary/aromatic N) is 4. The van der Waals surface area contributed by atoms with Crippen LogP contribution in [0.25, 0.3) is 10.9 Å². The van der Waals surface area contributed by atoms with Crippen LogP contribution < -0.4 is 5.32 Å². The number of ether oxygens (including phenoxy) is 1. The maximum Gasteiger partial charge on any atom is 0.340 e.